The van der Waals surface area contributed by atoms with Gasteiger partial charge >= 0.3 is 12.1 Å². The van der Waals surface area contributed by atoms with E-state index in [0.717, 1.165) is 11.3 Å². The Morgan fingerprint density at radius 2 is 1.63 bits per heavy atom. The molecule has 1 amide bonds. The van der Waals surface area contributed by atoms with Gasteiger partial charge < -0.3 is 9.84 Å². The highest BCUT2D eigenvalue weighted by atomic mass is 16.6. The van der Waals surface area contributed by atoms with Gasteiger partial charge in [0.05, 0.1) is 11.3 Å². The summed E-state index contributed by atoms with van der Waals surface area (Å²) < 4.78 is 5.80. The van der Waals surface area contributed by atoms with Crippen molar-refractivity contribution in [2.45, 2.75) is 25.3 Å². The molecule has 1 aliphatic carbocycles. The quantitative estimate of drug-likeness (QED) is 0.667. The smallest absolute Gasteiger partial charge is 0.414 e. The highest BCUT2D eigenvalue weighted by molar-refractivity contribution is 5.94. The van der Waals surface area contributed by atoms with Crippen LogP contribution in [0.1, 0.15) is 39.9 Å². The van der Waals surface area contributed by atoms with Gasteiger partial charge in [0.15, 0.2) is 0 Å². The maximum atomic E-state index is 13.0. The molecule has 0 fully saturated rings. The number of fused-ring (bicyclic) bond motifs is 4. The number of rotatable bonds is 3. The molecule has 0 unspecified atom stereocenters. The molecule has 5 rings (SSSR count). The number of benzene rings is 3. The third kappa shape index (κ3) is 2.86. The molecule has 0 radical (unpaired) electrons. The number of amides is 1. The summed E-state index contributed by atoms with van der Waals surface area (Å²) in [5.41, 5.74) is 6.54. The summed E-state index contributed by atoms with van der Waals surface area (Å²) in [6.07, 6.45) is 0.215. The summed E-state index contributed by atoms with van der Waals surface area (Å²) in [4.78, 5) is 25.9. The largest absolute Gasteiger partial charge is 0.478 e. The average Bonchev–Trinajstić information content (AvgIpc) is 3.25. The Bertz CT molecular complexity index is 1120. The molecule has 0 saturated carbocycles. The molecule has 150 valence electrons. The van der Waals surface area contributed by atoms with Crippen LogP contribution in [-0.4, -0.2) is 29.8 Å². The van der Waals surface area contributed by atoms with Gasteiger partial charge in [0.2, 0.25) is 0 Å². The minimum atomic E-state index is -0.968. The van der Waals surface area contributed by atoms with E-state index in [-0.39, 0.29) is 24.1 Å². The van der Waals surface area contributed by atoms with Crippen molar-refractivity contribution in [3.05, 3.63) is 89.0 Å². The molecular formula is C25H21NO4. The first-order chi connectivity index (χ1) is 14.5. The highest BCUT2D eigenvalue weighted by Gasteiger charge is 2.34. The van der Waals surface area contributed by atoms with E-state index >= 15 is 0 Å². The van der Waals surface area contributed by atoms with Crippen molar-refractivity contribution >= 4 is 17.7 Å². The lowest BCUT2D eigenvalue weighted by Crippen LogP contribution is -2.36. The van der Waals surface area contributed by atoms with Gasteiger partial charge in [-0.15, -0.1) is 0 Å². The molecule has 2 aliphatic rings. The number of anilines is 1. The van der Waals surface area contributed by atoms with Gasteiger partial charge in [-0.1, -0.05) is 48.5 Å². The number of carboxylic acids is 1. The van der Waals surface area contributed by atoms with Gasteiger partial charge in [0.1, 0.15) is 6.61 Å². The standard InChI is InChI=1S/C25H21NO4/c1-15-12-17-13-16(24(27)28)10-11-23(17)26(15)25(29)30-14-22-20-8-4-2-6-18(20)19-7-3-5-9-21(19)22/h2-11,13,15,22H,12,14H2,1H3,(H,27,28)/t15-/m1/s1. The predicted octanol–water partition coefficient (Wildman–Crippen LogP) is 5.08. The number of nitrogens with zero attached hydrogens (tertiary/aromatic N) is 1. The molecule has 3 aromatic carbocycles. The van der Waals surface area contributed by atoms with Crippen LogP contribution in [0.25, 0.3) is 11.1 Å². The molecule has 1 heterocycles. The third-order valence-corrected chi connectivity index (χ3v) is 6.07. The van der Waals surface area contributed by atoms with Gasteiger partial charge in [-0.3, -0.25) is 4.90 Å². The normalized spacial score (nSPS) is 16.7. The lowest BCUT2D eigenvalue weighted by atomic mass is 9.98. The number of carboxylic acid groups (broad SMARTS) is 1. The first-order valence-electron chi connectivity index (χ1n) is 10.0. The van der Waals surface area contributed by atoms with E-state index in [1.807, 2.05) is 31.2 Å². The number of aromatic carboxylic acids is 1. The highest BCUT2D eigenvalue weighted by Crippen LogP contribution is 2.44. The Balaban J connectivity index is 1.38. The van der Waals surface area contributed by atoms with Crippen molar-refractivity contribution in [3.63, 3.8) is 0 Å². The molecule has 1 N–H and O–H groups in total. The monoisotopic (exact) mass is 399 g/mol. The maximum Gasteiger partial charge on any atom is 0.414 e. The Morgan fingerprint density at radius 3 is 2.27 bits per heavy atom. The average molecular weight is 399 g/mol. The molecule has 0 aromatic heterocycles. The van der Waals surface area contributed by atoms with E-state index in [2.05, 4.69) is 24.3 Å². The summed E-state index contributed by atoms with van der Waals surface area (Å²) in [6.45, 7) is 2.21. The zero-order valence-corrected chi connectivity index (χ0v) is 16.5. The predicted molar refractivity (Wildman–Crippen MR) is 114 cm³/mol. The van der Waals surface area contributed by atoms with Gasteiger partial charge in [-0.2, -0.15) is 0 Å². The minimum Gasteiger partial charge on any atom is -0.478 e. The van der Waals surface area contributed by atoms with Crippen molar-refractivity contribution < 1.29 is 19.4 Å². The van der Waals surface area contributed by atoms with Crippen LogP contribution in [0, 0.1) is 0 Å². The summed E-state index contributed by atoms with van der Waals surface area (Å²) in [6, 6.07) is 21.3. The van der Waals surface area contributed by atoms with Gasteiger partial charge in [0, 0.05) is 12.0 Å². The van der Waals surface area contributed by atoms with Crippen LogP contribution >= 0.6 is 0 Å². The first kappa shape index (κ1) is 18.4. The molecular weight excluding hydrogens is 378 g/mol. The van der Waals surface area contributed by atoms with Crippen LogP contribution in [-0.2, 0) is 11.2 Å². The van der Waals surface area contributed by atoms with Crippen molar-refractivity contribution in [1.82, 2.24) is 0 Å². The SMILES string of the molecule is C[C@@H]1Cc2cc(C(=O)O)ccc2N1C(=O)OCC1c2ccccc2-c2ccccc21. The number of carbonyl (C=O) groups excluding carboxylic acids is 1. The number of hydrogen-bond donors (Lipinski definition) is 1. The van der Waals surface area contributed by atoms with E-state index in [4.69, 9.17) is 4.74 Å². The molecule has 1 aliphatic heterocycles. The second-order valence-electron chi connectivity index (χ2n) is 7.88. The van der Waals surface area contributed by atoms with E-state index in [9.17, 15) is 14.7 Å². The Hall–Kier alpha value is -3.60. The topological polar surface area (TPSA) is 66.8 Å². The maximum absolute atomic E-state index is 13.0. The second-order valence-corrected chi connectivity index (χ2v) is 7.88. The zero-order chi connectivity index (χ0) is 20.8. The van der Waals surface area contributed by atoms with E-state index in [0.29, 0.717) is 6.42 Å². The molecule has 5 nitrogen and oxygen atoms in total. The van der Waals surface area contributed by atoms with Crippen LogP contribution < -0.4 is 4.90 Å². The van der Waals surface area contributed by atoms with Crippen molar-refractivity contribution in [3.8, 4) is 11.1 Å². The number of hydrogen-bond acceptors (Lipinski definition) is 3. The zero-order valence-electron chi connectivity index (χ0n) is 16.5. The fourth-order valence-corrected chi connectivity index (χ4v) is 4.71. The van der Waals surface area contributed by atoms with Crippen molar-refractivity contribution in [2.75, 3.05) is 11.5 Å². The lowest BCUT2D eigenvalue weighted by Gasteiger charge is -2.23. The Kier molecular flexibility index (Phi) is 4.31. The van der Waals surface area contributed by atoms with Crippen molar-refractivity contribution in [1.29, 1.82) is 0 Å². The molecule has 1 atom stereocenters. The summed E-state index contributed by atoms with van der Waals surface area (Å²) >= 11 is 0. The Morgan fingerprint density at radius 1 is 1.00 bits per heavy atom. The minimum absolute atomic E-state index is 0.00751. The van der Waals surface area contributed by atoms with Crippen LogP contribution in [0.2, 0.25) is 0 Å². The van der Waals surface area contributed by atoms with E-state index < -0.39 is 12.1 Å². The third-order valence-electron chi connectivity index (χ3n) is 6.07. The summed E-state index contributed by atoms with van der Waals surface area (Å²) in [5.74, 6) is -0.960. The van der Waals surface area contributed by atoms with E-state index in [1.165, 1.54) is 28.3 Å². The first-order valence-corrected chi connectivity index (χ1v) is 10.0. The number of ether oxygens (including phenoxy) is 1. The van der Waals surface area contributed by atoms with Crippen LogP contribution in [0.3, 0.4) is 0 Å². The lowest BCUT2D eigenvalue weighted by molar-refractivity contribution is 0.0696. The van der Waals surface area contributed by atoms with Gasteiger partial charge in [-0.05, 0) is 59.4 Å². The molecule has 0 spiro atoms. The fourth-order valence-electron chi connectivity index (χ4n) is 4.71. The molecule has 3 aromatic rings. The summed E-state index contributed by atoms with van der Waals surface area (Å²) in [7, 11) is 0. The van der Waals surface area contributed by atoms with Crippen LogP contribution in [0.5, 0.6) is 0 Å². The van der Waals surface area contributed by atoms with Crippen molar-refractivity contribution in [2.24, 2.45) is 0 Å². The van der Waals surface area contributed by atoms with Gasteiger partial charge in [0.25, 0.3) is 0 Å². The van der Waals surface area contributed by atoms with Crippen LogP contribution in [0.15, 0.2) is 66.7 Å². The fraction of sp³-hybridized carbons (Fsp3) is 0.200. The summed E-state index contributed by atoms with van der Waals surface area (Å²) in [5, 5.41) is 9.22. The van der Waals surface area contributed by atoms with E-state index in [1.54, 1.807) is 17.0 Å². The van der Waals surface area contributed by atoms with Gasteiger partial charge in [-0.25, -0.2) is 9.59 Å². The number of carbonyl (C=O) groups is 2. The molecule has 30 heavy (non-hydrogen) atoms. The Labute approximate surface area is 174 Å². The molecule has 5 heteroatoms. The second kappa shape index (κ2) is 7.02. The van der Waals surface area contributed by atoms with Crippen LogP contribution in [0.4, 0.5) is 10.5 Å². The molecule has 0 saturated heterocycles. The molecule has 0 bridgehead atoms.